The number of nitrogens with zero attached hydrogens (tertiary/aromatic N) is 1. The molecular formula is C21H22ClF3N4O3. The minimum atomic E-state index is -4.52. The number of carbonyl (C=O) groups excluding carboxylic acids is 2. The van der Waals surface area contributed by atoms with Crippen LogP contribution in [-0.2, 0) is 22.3 Å². The summed E-state index contributed by atoms with van der Waals surface area (Å²) < 4.78 is 43.6. The first-order valence-electron chi connectivity index (χ1n) is 9.44. The number of benzene rings is 2. The number of rotatable bonds is 6. The van der Waals surface area contributed by atoms with Crippen molar-refractivity contribution in [2.45, 2.75) is 19.6 Å². The van der Waals surface area contributed by atoms with Crippen LogP contribution in [0.15, 0.2) is 53.5 Å². The molecule has 0 bridgehead atoms. The molecule has 0 unspecified atom stereocenters. The fourth-order valence-electron chi connectivity index (χ4n) is 2.46. The van der Waals surface area contributed by atoms with Gasteiger partial charge < -0.3 is 15.4 Å². The van der Waals surface area contributed by atoms with Gasteiger partial charge in [0.25, 0.3) is 0 Å². The Hall–Kier alpha value is -3.27. The SMILES string of the molecule is COC(=O)[C@@H](C)CNC(=O)NC(=NCc1ccc(Cl)cc1)Nc1cccc(C(F)(F)F)c1. The van der Waals surface area contributed by atoms with Gasteiger partial charge in [0.15, 0.2) is 0 Å². The number of aliphatic imine (C=N–C) groups is 1. The van der Waals surface area contributed by atoms with Crippen LogP contribution in [0.25, 0.3) is 0 Å². The third-order valence-corrected chi connectivity index (χ3v) is 4.44. The van der Waals surface area contributed by atoms with E-state index in [0.29, 0.717) is 5.02 Å². The summed E-state index contributed by atoms with van der Waals surface area (Å²) in [6.45, 7) is 1.69. The Morgan fingerprint density at radius 2 is 1.84 bits per heavy atom. The first-order chi connectivity index (χ1) is 15.1. The number of halogens is 4. The van der Waals surface area contributed by atoms with Gasteiger partial charge in [-0.15, -0.1) is 0 Å². The summed E-state index contributed by atoms with van der Waals surface area (Å²) >= 11 is 5.86. The standard InChI is InChI=1S/C21H22ClF3N4O3/c1-13(18(30)32-2)11-27-20(31)29-19(26-12-14-6-8-16(22)9-7-14)28-17-5-3-4-15(10-17)21(23,24)25/h3-10,13H,11-12H2,1-2H3,(H3,26,27,28,29,31)/t13-/m0/s1. The number of carbonyl (C=O) groups is 2. The Kier molecular flexibility index (Phi) is 8.89. The lowest BCUT2D eigenvalue weighted by molar-refractivity contribution is -0.144. The second kappa shape index (κ2) is 11.4. The summed E-state index contributed by atoms with van der Waals surface area (Å²) in [6, 6.07) is 10.6. The van der Waals surface area contributed by atoms with Gasteiger partial charge >= 0.3 is 18.2 Å². The molecule has 3 N–H and O–H groups in total. The Labute approximate surface area is 188 Å². The lowest BCUT2D eigenvalue weighted by atomic mass is 10.2. The number of guanidine groups is 1. The van der Waals surface area contributed by atoms with E-state index in [2.05, 4.69) is 25.7 Å². The van der Waals surface area contributed by atoms with Crippen molar-refractivity contribution >= 4 is 35.2 Å². The minimum Gasteiger partial charge on any atom is -0.469 e. The van der Waals surface area contributed by atoms with Crippen LogP contribution >= 0.6 is 11.6 Å². The van der Waals surface area contributed by atoms with Gasteiger partial charge in [-0.1, -0.05) is 36.7 Å². The van der Waals surface area contributed by atoms with Crippen molar-refractivity contribution in [1.82, 2.24) is 10.6 Å². The van der Waals surface area contributed by atoms with Crippen molar-refractivity contribution in [3.05, 3.63) is 64.7 Å². The molecule has 2 aromatic rings. The molecular weight excluding hydrogens is 449 g/mol. The molecule has 2 aromatic carbocycles. The van der Waals surface area contributed by atoms with Gasteiger partial charge in [-0.05, 0) is 35.9 Å². The monoisotopic (exact) mass is 470 g/mol. The van der Waals surface area contributed by atoms with E-state index in [1.165, 1.54) is 19.2 Å². The molecule has 172 valence electrons. The molecule has 7 nitrogen and oxygen atoms in total. The van der Waals surface area contributed by atoms with E-state index in [4.69, 9.17) is 11.6 Å². The topological polar surface area (TPSA) is 91.8 Å². The quantitative estimate of drug-likeness (QED) is 0.331. The number of urea groups is 1. The molecule has 2 amide bonds. The first kappa shape index (κ1) is 25.0. The third kappa shape index (κ3) is 8.10. The van der Waals surface area contributed by atoms with Gasteiger partial charge in [0, 0.05) is 17.3 Å². The van der Waals surface area contributed by atoms with E-state index < -0.39 is 29.7 Å². The van der Waals surface area contributed by atoms with Crippen LogP contribution in [0, 0.1) is 5.92 Å². The van der Waals surface area contributed by atoms with Gasteiger partial charge in [0.05, 0.1) is 25.1 Å². The molecule has 0 aliphatic carbocycles. The van der Waals surface area contributed by atoms with Crippen molar-refractivity contribution in [2.24, 2.45) is 10.9 Å². The maximum Gasteiger partial charge on any atom is 0.416 e. The lowest BCUT2D eigenvalue weighted by Crippen LogP contribution is -2.44. The van der Waals surface area contributed by atoms with Crippen molar-refractivity contribution in [2.75, 3.05) is 19.0 Å². The van der Waals surface area contributed by atoms with E-state index >= 15 is 0 Å². The van der Waals surface area contributed by atoms with Gasteiger partial charge in [-0.2, -0.15) is 13.2 Å². The van der Waals surface area contributed by atoms with Gasteiger partial charge in [-0.3, -0.25) is 10.1 Å². The molecule has 0 saturated carbocycles. The highest BCUT2D eigenvalue weighted by atomic mass is 35.5. The van der Waals surface area contributed by atoms with E-state index in [9.17, 15) is 22.8 Å². The molecule has 0 radical (unpaired) electrons. The number of hydrogen-bond acceptors (Lipinski definition) is 4. The Morgan fingerprint density at radius 3 is 2.47 bits per heavy atom. The predicted octanol–water partition coefficient (Wildman–Crippen LogP) is 4.44. The van der Waals surface area contributed by atoms with E-state index in [1.807, 2.05) is 0 Å². The molecule has 0 fully saturated rings. The molecule has 0 saturated heterocycles. The second-order valence-corrected chi connectivity index (χ2v) is 7.19. The molecule has 0 spiro atoms. The number of amides is 2. The highest BCUT2D eigenvalue weighted by Crippen LogP contribution is 2.30. The molecule has 1 atom stereocenters. The fraction of sp³-hybridized carbons (Fsp3) is 0.286. The normalized spacial score (nSPS) is 12.6. The molecule has 0 aromatic heterocycles. The van der Waals surface area contributed by atoms with Gasteiger partial charge in [0.1, 0.15) is 0 Å². The Balaban J connectivity index is 2.15. The number of nitrogens with one attached hydrogen (secondary N) is 3. The van der Waals surface area contributed by atoms with Crippen LogP contribution in [0.1, 0.15) is 18.1 Å². The highest BCUT2D eigenvalue weighted by molar-refractivity contribution is 6.30. The smallest absolute Gasteiger partial charge is 0.416 e. The van der Waals surface area contributed by atoms with Crippen molar-refractivity contribution < 1.29 is 27.5 Å². The molecule has 0 aliphatic rings. The van der Waals surface area contributed by atoms with Crippen LogP contribution in [-0.4, -0.2) is 31.6 Å². The summed E-state index contributed by atoms with van der Waals surface area (Å²) in [4.78, 5) is 27.9. The molecule has 32 heavy (non-hydrogen) atoms. The molecule has 11 heteroatoms. The maximum atomic E-state index is 13.0. The summed E-state index contributed by atoms with van der Waals surface area (Å²) in [5, 5.41) is 8.16. The first-order valence-corrected chi connectivity index (χ1v) is 9.82. The largest absolute Gasteiger partial charge is 0.469 e. The molecule has 0 heterocycles. The van der Waals surface area contributed by atoms with Crippen LogP contribution < -0.4 is 16.0 Å². The van der Waals surface area contributed by atoms with Crippen LogP contribution in [0.3, 0.4) is 0 Å². The third-order valence-electron chi connectivity index (χ3n) is 4.19. The fourth-order valence-corrected chi connectivity index (χ4v) is 2.59. The van der Waals surface area contributed by atoms with E-state index in [1.54, 1.807) is 31.2 Å². The Morgan fingerprint density at radius 1 is 1.16 bits per heavy atom. The number of anilines is 1. The maximum absolute atomic E-state index is 13.0. The van der Waals surface area contributed by atoms with Gasteiger partial charge in [-0.25, -0.2) is 9.79 Å². The summed E-state index contributed by atoms with van der Waals surface area (Å²) in [5.41, 5.74) is -0.00641. The van der Waals surface area contributed by atoms with E-state index in [-0.39, 0.29) is 24.7 Å². The highest BCUT2D eigenvalue weighted by Gasteiger charge is 2.30. The van der Waals surface area contributed by atoms with Gasteiger partial charge in [0.2, 0.25) is 5.96 Å². The van der Waals surface area contributed by atoms with Crippen LogP contribution in [0.5, 0.6) is 0 Å². The average Bonchev–Trinajstić information content (AvgIpc) is 2.76. The predicted molar refractivity (Wildman–Crippen MR) is 115 cm³/mol. The second-order valence-electron chi connectivity index (χ2n) is 6.75. The van der Waals surface area contributed by atoms with Crippen LogP contribution in [0.2, 0.25) is 5.02 Å². The van der Waals surface area contributed by atoms with E-state index in [0.717, 1.165) is 17.7 Å². The summed E-state index contributed by atoms with van der Waals surface area (Å²) in [6.07, 6.45) is -4.52. The number of ether oxygens (including phenoxy) is 1. The zero-order valence-electron chi connectivity index (χ0n) is 17.3. The summed E-state index contributed by atoms with van der Waals surface area (Å²) in [7, 11) is 1.24. The number of esters is 1. The van der Waals surface area contributed by atoms with Crippen molar-refractivity contribution in [1.29, 1.82) is 0 Å². The molecule has 2 rings (SSSR count). The van der Waals surface area contributed by atoms with Crippen LogP contribution in [0.4, 0.5) is 23.7 Å². The molecule has 0 aliphatic heterocycles. The number of methoxy groups -OCH3 is 1. The zero-order chi connectivity index (χ0) is 23.7. The zero-order valence-corrected chi connectivity index (χ0v) is 18.1. The van der Waals surface area contributed by atoms with Crippen molar-refractivity contribution in [3.63, 3.8) is 0 Å². The van der Waals surface area contributed by atoms with Crippen molar-refractivity contribution in [3.8, 4) is 0 Å². The summed E-state index contributed by atoms with van der Waals surface area (Å²) in [5.74, 6) is -1.16. The number of hydrogen-bond donors (Lipinski definition) is 3. The lowest BCUT2D eigenvalue weighted by Gasteiger charge is -2.15. The number of alkyl halides is 3. The Bertz CT molecular complexity index is 966. The average molecular weight is 471 g/mol. The minimum absolute atomic E-state index is 0.00741.